The van der Waals surface area contributed by atoms with Crippen molar-refractivity contribution in [3.63, 3.8) is 0 Å². The first-order valence-electron chi connectivity index (χ1n) is 19.4. The molecule has 17 atom stereocenters. The van der Waals surface area contributed by atoms with Crippen LogP contribution >= 0.6 is 0 Å². The molecule has 6 rings (SSSR count). The molecular weight excluding hydrogens is 672 g/mol. The fraction of sp³-hybridized carbons (Fsp3) is 0.900. The molecular formula is C40H64O12. The van der Waals surface area contributed by atoms with Crippen molar-refractivity contribution in [1.29, 1.82) is 0 Å². The number of aliphatic hydroxyl groups excluding tert-OH is 6. The maximum atomic E-state index is 12.7. The van der Waals surface area contributed by atoms with Crippen LogP contribution in [0.2, 0.25) is 0 Å². The Morgan fingerprint density at radius 2 is 1.58 bits per heavy atom. The molecule has 0 amide bonds. The van der Waals surface area contributed by atoms with E-state index in [2.05, 4.69) is 40.7 Å². The molecule has 0 aromatic heterocycles. The van der Waals surface area contributed by atoms with E-state index >= 15 is 0 Å². The van der Waals surface area contributed by atoms with Crippen LogP contribution in [0.4, 0.5) is 0 Å². The summed E-state index contributed by atoms with van der Waals surface area (Å²) in [6.45, 7) is 17.6. The van der Waals surface area contributed by atoms with Crippen molar-refractivity contribution in [1.82, 2.24) is 0 Å². The molecule has 6 aliphatic rings. The largest absolute Gasteiger partial charge is 0.465 e. The fourth-order valence-corrected chi connectivity index (χ4v) is 13.4. The molecule has 1 aliphatic heterocycles. The van der Waals surface area contributed by atoms with Gasteiger partial charge in [0, 0.05) is 31.1 Å². The van der Waals surface area contributed by atoms with Gasteiger partial charge in [0.05, 0.1) is 25.4 Å². The first kappa shape index (κ1) is 40.0. The zero-order chi connectivity index (χ0) is 38.5. The maximum Gasteiger partial charge on any atom is 0.302 e. The number of carbonyl (C=O) groups excluding carboxylic acids is 2. The van der Waals surface area contributed by atoms with Crippen LogP contribution in [0.3, 0.4) is 0 Å². The number of rotatable bonds is 7. The maximum absolute atomic E-state index is 12.7. The van der Waals surface area contributed by atoms with Gasteiger partial charge in [-0.1, -0.05) is 60.1 Å². The lowest BCUT2D eigenvalue weighted by Crippen LogP contribution is -2.69. The predicted molar refractivity (Wildman–Crippen MR) is 188 cm³/mol. The molecule has 0 aromatic carbocycles. The highest BCUT2D eigenvalue weighted by molar-refractivity contribution is 5.66. The van der Waals surface area contributed by atoms with Crippen LogP contribution < -0.4 is 0 Å². The predicted octanol–water partition coefficient (Wildman–Crippen LogP) is 2.88. The molecule has 6 N–H and O–H groups in total. The number of allylic oxidation sites excluding steroid dienone is 1. The lowest BCUT2D eigenvalue weighted by molar-refractivity contribution is -0.337. The van der Waals surface area contributed by atoms with Crippen LogP contribution in [0.1, 0.15) is 101 Å². The van der Waals surface area contributed by atoms with Gasteiger partial charge in [0.2, 0.25) is 0 Å². The number of hydrogen-bond acceptors (Lipinski definition) is 12. The van der Waals surface area contributed by atoms with Gasteiger partial charge in [-0.15, -0.1) is 0 Å². The summed E-state index contributed by atoms with van der Waals surface area (Å²) >= 11 is 0. The van der Waals surface area contributed by atoms with E-state index < -0.39 is 89.4 Å². The van der Waals surface area contributed by atoms with Gasteiger partial charge in [-0.2, -0.15) is 0 Å². The first-order valence-corrected chi connectivity index (χ1v) is 19.4. The van der Waals surface area contributed by atoms with Crippen molar-refractivity contribution in [3.05, 3.63) is 11.6 Å². The highest BCUT2D eigenvalue weighted by atomic mass is 16.7. The molecule has 52 heavy (non-hydrogen) atoms. The summed E-state index contributed by atoms with van der Waals surface area (Å²) in [6.07, 6.45) is -4.33. The summed E-state index contributed by atoms with van der Waals surface area (Å²) in [5, 5.41) is 66.0. The molecule has 3 unspecified atom stereocenters. The second kappa shape index (κ2) is 13.5. The van der Waals surface area contributed by atoms with E-state index in [1.807, 2.05) is 13.8 Å². The van der Waals surface area contributed by atoms with E-state index in [9.17, 15) is 40.2 Å². The van der Waals surface area contributed by atoms with Crippen LogP contribution in [-0.4, -0.2) is 111 Å². The summed E-state index contributed by atoms with van der Waals surface area (Å²) < 4.78 is 24.1. The summed E-state index contributed by atoms with van der Waals surface area (Å²) in [4.78, 5) is 24.9. The van der Waals surface area contributed by atoms with Gasteiger partial charge in [0.25, 0.3) is 0 Å². The van der Waals surface area contributed by atoms with Crippen molar-refractivity contribution in [3.8, 4) is 0 Å². The van der Waals surface area contributed by atoms with E-state index in [0.29, 0.717) is 31.6 Å². The average Bonchev–Trinajstić information content (AvgIpc) is 3.36. The standard InChI is InChI=1S/C40H64O12/c1-19(2)23-14-25(45)33-39(9)11-10-22-29(38(39,8)12-13-40(23,33)18-49-20(3)42)24(44)15-28-36(5,6)34(26(50-21(4)43)16-37(22,28)7)52-35-32(48)31(47)30(46)27(17-41)51-35/h10,19,23-35,41,44-48H,11-18H2,1-9H3/t23-,24-,25+,26+,27+,28?,29?,30+,31-,32+,33?,34-,35-,37+,38-,39+,40+/m0/s1. The van der Waals surface area contributed by atoms with Gasteiger partial charge in [0.1, 0.15) is 36.6 Å². The van der Waals surface area contributed by atoms with Crippen LogP contribution in [0.5, 0.6) is 0 Å². The molecule has 0 spiro atoms. The van der Waals surface area contributed by atoms with Crippen molar-refractivity contribution < 1.29 is 59.2 Å². The van der Waals surface area contributed by atoms with E-state index in [1.54, 1.807) is 0 Å². The monoisotopic (exact) mass is 736 g/mol. The average molecular weight is 737 g/mol. The van der Waals surface area contributed by atoms with E-state index in [-0.39, 0.29) is 41.7 Å². The van der Waals surface area contributed by atoms with Crippen LogP contribution in [-0.2, 0) is 28.5 Å². The van der Waals surface area contributed by atoms with Crippen molar-refractivity contribution >= 4 is 11.9 Å². The summed E-state index contributed by atoms with van der Waals surface area (Å²) in [5.74, 6) is -0.892. The van der Waals surface area contributed by atoms with E-state index in [4.69, 9.17) is 18.9 Å². The third-order valence-electron chi connectivity index (χ3n) is 15.8. The van der Waals surface area contributed by atoms with Crippen molar-refractivity contribution in [2.24, 2.45) is 56.7 Å². The number of ether oxygens (including phenoxy) is 4. The fourth-order valence-electron chi connectivity index (χ4n) is 13.4. The lowest BCUT2D eigenvalue weighted by atomic mass is 9.35. The van der Waals surface area contributed by atoms with Crippen molar-refractivity contribution in [2.75, 3.05) is 13.2 Å². The molecule has 0 aromatic rings. The van der Waals surface area contributed by atoms with Gasteiger partial charge < -0.3 is 49.6 Å². The Morgan fingerprint density at radius 1 is 0.904 bits per heavy atom. The number of hydrogen-bond donors (Lipinski definition) is 6. The van der Waals surface area contributed by atoms with Gasteiger partial charge in [-0.05, 0) is 77.9 Å². The minimum atomic E-state index is -1.63. The second-order valence-electron chi connectivity index (χ2n) is 19.0. The Morgan fingerprint density at radius 3 is 2.17 bits per heavy atom. The molecule has 296 valence electrons. The topological polar surface area (TPSA) is 192 Å². The first-order chi connectivity index (χ1) is 24.1. The highest BCUT2D eigenvalue weighted by Gasteiger charge is 2.73. The molecule has 5 aliphatic carbocycles. The molecule has 4 saturated carbocycles. The summed E-state index contributed by atoms with van der Waals surface area (Å²) in [6, 6.07) is 0. The van der Waals surface area contributed by atoms with E-state index in [1.165, 1.54) is 13.8 Å². The smallest absolute Gasteiger partial charge is 0.302 e. The zero-order valence-corrected chi connectivity index (χ0v) is 32.4. The Balaban J connectivity index is 1.39. The Bertz CT molecular complexity index is 1410. The molecule has 12 heteroatoms. The Kier molecular flexibility index (Phi) is 10.4. The van der Waals surface area contributed by atoms with Crippen LogP contribution in [0.15, 0.2) is 11.6 Å². The van der Waals surface area contributed by atoms with Gasteiger partial charge in [-0.25, -0.2) is 0 Å². The number of carbonyl (C=O) groups is 2. The molecule has 1 heterocycles. The van der Waals surface area contributed by atoms with Crippen molar-refractivity contribution in [2.45, 2.75) is 156 Å². The lowest BCUT2D eigenvalue weighted by Gasteiger charge is -2.70. The third kappa shape index (κ3) is 5.75. The third-order valence-corrected chi connectivity index (χ3v) is 15.8. The number of aliphatic hydroxyl groups is 6. The minimum Gasteiger partial charge on any atom is -0.465 e. The Hall–Kier alpha value is -1.64. The molecule has 1 saturated heterocycles. The normalized spacial score (nSPS) is 51.0. The zero-order valence-electron chi connectivity index (χ0n) is 32.4. The molecule has 0 radical (unpaired) electrons. The Labute approximate surface area is 308 Å². The number of fused-ring (bicyclic) bond motifs is 7. The molecule has 12 nitrogen and oxygen atoms in total. The highest BCUT2D eigenvalue weighted by Crippen LogP contribution is 2.76. The summed E-state index contributed by atoms with van der Waals surface area (Å²) in [5.41, 5.74) is -1.37. The van der Waals surface area contributed by atoms with Crippen LogP contribution in [0.25, 0.3) is 0 Å². The van der Waals surface area contributed by atoms with Gasteiger partial charge >= 0.3 is 11.9 Å². The second-order valence-corrected chi connectivity index (χ2v) is 19.0. The number of esters is 2. The quantitative estimate of drug-likeness (QED) is 0.128. The summed E-state index contributed by atoms with van der Waals surface area (Å²) in [7, 11) is 0. The van der Waals surface area contributed by atoms with Gasteiger partial charge in [-0.3, -0.25) is 9.59 Å². The van der Waals surface area contributed by atoms with Gasteiger partial charge in [0.15, 0.2) is 6.29 Å². The molecule has 5 fully saturated rings. The van der Waals surface area contributed by atoms with E-state index in [0.717, 1.165) is 18.4 Å². The SMILES string of the molecule is CC(=O)OC[C@@]12CC[C@@]3(C)C4C(=CC[C@]3(C)C1[C@H](O)C[C@H]2C(C)C)[C@@]1(C)C[C@@H](OC(C)=O)[C@H](O[C@@H]2O[C@H](CO)[C@@H](O)[C@H](O)[C@H]2O)C(C)(C)C1C[C@@H]4O. The molecule has 0 bridgehead atoms. The van der Waals surface area contributed by atoms with Crippen LogP contribution in [0, 0.1) is 56.7 Å². The minimum absolute atomic E-state index is 0.145.